The van der Waals surface area contributed by atoms with E-state index in [2.05, 4.69) is 16.8 Å². The monoisotopic (exact) mass is 245 g/mol. The van der Waals surface area contributed by atoms with Crippen LogP contribution in [0.5, 0.6) is 0 Å². The number of hydrogen-bond acceptors (Lipinski definition) is 4. The molecular formula is C14H19N3O. The second kappa shape index (κ2) is 4.71. The molecule has 18 heavy (non-hydrogen) atoms. The summed E-state index contributed by atoms with van der Waals surface area (Å²) < 4.78 is 5.75. The molecule has 3 rings (SSSR count). The van der Waals surface area contributed by atoms with Crippen molar-refractivity contribution in [2.24, 2.45) is 11.7 Å². The normalized spacial score (nSPS) is 25.7. The molecule has 1 saturated heterocycles. The molecule has 1 aromatic heterocycles. The van der Waals surface area contributed by atoms with Gasteiger partial charge in [0.15, 0.2) is 5.58 Å². The van der Waals surface area contributed by atoms with Gasteiger partial charge in [0.05, 0.1) is 6.54 Å². The van der Waals surface area contributed by atoms with E-state index in [0.29, 0.717) is 12.0 Å². The lowest BCUT2D eigenvalue weighted by molar-refractivity contribution is 0.147. The van der Waals surface area contributed by atoms with E-state index in [0.717, 1.165) is 43.0 Å². The molecule has 2 atom stereocenters. The molecule has 0 bridgehead atoms. The van der Waals surface area contributed by atoms with E-state index in [4.69, 9.17) is 10.2 Å². The lowest BCUT2D eigenvalue weighted by Crippen LogP contribution is -2.45. The molecule has 0 radical (unpaired) electrons. The zero-order chi connectivity index (χ0) is 12.5. The van der Waals surface area contributed by atoms with Crippen LogP contribution in [0.1, 0.15) is 19.2 Å². The molecule has 2 unspecified atom stereocenters. The molecule has 2 heterocycles. The first-order valence-corrected chi connectivity index (χ1v) is 6.55. The molecule has 4 heteroatoms. The number of likely N-dealkylation sites (tertiary alicyclic amines) is 1. The Balaban J connectivity index is 1.72. The molecule has 96 valence electrons. The summed E-state index contributed by atoms with van der Waals surface area (Å²) in [5.74, 6) is 1.35. The molecule has 0 spiro atoms. The minimum atomic E-state index is 0.338. The lowest BCUT2D eigenvalue weighted by Gasteiger charge is -2.34. The first kappa shape index (κ1) is 11.7. The maximum atomic E-state index is 6.03. The van der Waals surface area contributed by atoms with Gasteiger partial charge in [0.1, 0.15) is 5.52 Å². The SMILES string of the molecule is CC1CN(Cc2nc3ccccc3o2)CCC1N. The van der Waals surface area contributed by atoms with E-state index >= 15 is 0 Å². The van der Waals surface area contributed by atoms with Crippen molar-refractivity contribution in [2.75, 3.05) is 13.1 Å². The Kier molecular flexibility index (Phi) is 3.06. The van der Waals surface area contributed by atoms with Gasteiger partial charge in [-0.25, -0.2) is 4.98 Å². The number of nitrogens with zero attached hydrogens (tertiary/aromatic N) is 2. The summed E-state index contributed by atoms with van der Waals surface area (Å²) in [6.45, 7) is 5.05. The van der Waals surface area contributed by atoms with Crippen LogP contribution in [-0.4, -0.2) is 29.0 Å². The lowest BCUT2D eigenvalue weighted by atomic mass is 9.95. The van der Waals surface area contributed by atoms with Gasteiger partial charge in [-0.2, -0.15) is 0 Å². The van der Waals surface area contributed by atoms with Crippen LogP contribution in [0, 0.1) is 5.92 Å². The predicted octanol–water partition coefficient (Wildman–Crippen LogP) is 2.00. The van der Waals surface area contributed by atoms with Crippen LogP contribution >= 0.6 is 0 Å². The summed E-state index contributed by atoms with van der Waals surface area (Å²) >= 11 is 0. The third kappa shape index (κ3) is 2.26. The number of benzene rings is 1. The van der Waals surface area contributed by atoms with E-state index in [1.54, 1.807) is 0 Å². The van der Waals surface area contributed by atoms with Gasteiger partial charge in [-0.15, -0.1) is 0 Å². The summed E-state index contributed by atoms with van der Waals surface area (Å²) in [6.07, 6.45) is 1.06. The average molecular weight is 245 g/mol. The van der Waals surface area contributed by atoms with Gasteiger partial charge in [0.2, 0.25) is 5.89 Å². The van der Waals surface area contributed by atoms with E-state index in [1.807, 2.05) is 24.3 Å². The highest BCUT2D eigenvalue weighted by atomic mass is 16.3. The largest absolute Gasteiger partial charge is 0.439 e. The van der Waals surface area contributed by atoms with Gasteiger partial charge in [-0.1, -0.05) is 19.1 Å². The number of nitrogens with two attached hydrogens (primary N) is 1. The molecule has 1 aliphatic rings. The van der Waals surface area contributed by atoms with Crippen LogP contribution in [0.3, 0.4) is 0 Å². The Morgan fingerprint density at radius 2 is 2.28 bits per heavy atom. The Bertz CT molecular complexity index is 504. The summed E-state index contributed by atoms with van der Waals surface area (Å²) in [5, 5.41) is 0. The van der Waals surface area contributed by atoms with Crippen molar-refractivity contribution in [1.82, 2.24) is 9.88 Å². The molecule has 0 saturated carbocycles. The van der Waals surface area contributed by atoms with Gasteiger partial charge in [-0.05, 0) is 24.5 Å². The molecule has 1 aliphatic heterocycles. The number of oxazole rings is 1. The van der Waals surface area contributed by atoms with Crippen LogP contribution in [0.25, 0.3) is 11.1 Å². The molecule has 1 aromatic carbocycles. The van der Waals surface area contributed by atoms with E-state index in [1.165, 1.54) is 0 Å². The number of rotatable bonds is 2. The first-order valence-electron chi connectivity index (χ1n) is 6.55. The Morgan fingerprint density at radius 1 is 1.44 bits per heavy atom. The number of para-hydroxylation sites is 2. The van der Waals surface area contributed by atoms with Crippen LogP contribution in [0.2, 0.25) is 0 Å². The maximum absolute atomic E-state index is 6.03. The highest BCUT2D eigenvalue weighted by Crippen LogP contribution is 2.19. The van der Waals surface area contributed by atoms with Crippen molar-refractivity contribution in [3.8, 4) is 0 Å². The second-order valence-electron chi connectivity index (χ2n) is 5.24. The quantitative estimate of drug-likeness (QED) is 0.879. The highest BCUT2D eigenvalue weighted by Gasteiger charge is 2.24. The highest BCUT2D eigenvalue weighted by molar-refractivity contribution is 5.72. The smallest absolute Gasteiger partial charge is 0.209 e. The fourth-order valence-corrected chi connectivity index (χ4v) is 2.57. The van der Waals surface area contributed by atoms with Crippen molar-refractivity contribution in [3.05, 3.63) is 30.2 Å². The summed E-state index contributed by atoms with van der Waals surface area (Å²) in [7, 11) is 0. The average Bonchev–Trinajstić information content (AvgIpc) is 2.76. The number of fused-ring (bicyclic) bond motifs is 1. The summed E-state index contributed by atoms with van der Waals surface area (Å²) in [6, 6.07) is 8.23. The van der Waals surface area contributed by atoms with Crippen LogP contribution in [0.4, 0.5) is 0 Å². The zero-order valence-electron chi connectivity index (χ0n) is 10.7. The first-order chi connectivity index (χ1) is 8.72. The minimum Gasteiger partial charge on any atom is -0.439 e. The Labute approximate surface area is 107 Å². The van der Waals surface area contributed by atoms with Crippen molar-refractivity contribution >= 4 is 11.1 Å². The van der Waals surface area contributed by atoms with Crippen LogP contribution in [0.15, 0.2) is 28.7 Å². The fourth-order valence-electron chi connectivity index (χ4n) is 2.57. The van der Waals surface area contributed by atoms with Gasteiger partial charge in [-0.3, -0.25) is 4.90 Å². The summed E-state index contributed by atoms with van der Waals surface area (Å²) in [5.41, 5.74) is 7.84. The fraction of sp³-hybridized carbons (Fsp3) is 0.500. The Hall–Kier alpha value is -1.39. The van der Waals surface area contributed by atoms with Gasteiger partial charge < -0.3 is 10.2 Å². The van der Waals surface area contributed by atoms with Crippen LogP contribution < -0.4 is 5.73 Å². The third-order valence-corrected chi connectivity index (χ3v) is 3.75. The van der Waals surface area contributed by atoms with Gasteiger partial charge >= 0.3 is 0 Å². The molecule has 2 aromatic rings. The number of aromatic nitrogens is 1. The van der Waals surface area contributed by atoms with Crippen molar-refractivity contribution in [2.45, 2.75) is 25.9 Å². The standard InChI is InChI=1S/C14H19N3O/c1-10-8-17(7-6-11(10)15)9-14-16-12-4-2-3-5-13(12)18-14/h2-5,10-11H,6-9,15H2,1H3. The van der Waals surface area contributed by atoms with E-state index < -0.39 is 0 Å². The van der Waals surface area contributed by atoms with E-state index in [9.17, 15) is 0 Å². The molecule has 4 nitrogen and oxygen atoms in total. The molecule has 1 fully saturated rings. The van der Waals surface area contributed by atoms with Crippen LogP contribution in [-0.2, 0) is 6.54 Å². The van der Waals surface area contributed by atoms with Crippen molar-refractivity contribution < 1.29 is 4.42 Å². The molecule has 2 N–H and O–H groups in total. The Morgan fingerprint density at radius 3 is 3.06 bits per heavy atom. The van der Waals surface area contributed by atoms with E-state index in [-0.39, 0.29) is 0 Å². The van der Waals surface area contributed by atoms with Gasteiger partial charge in [0, 0.05) is 19.1 Å². The maximum Gasteiger partial charge on any atom is 0.209 e. The molecule has 0 aliphatic carbocycles. The second-order valence-corrected chi connectivity index (χ2v) is 5.24. The van der Waals surface area contributed by atoms with Crippen molar-refractivity contribution in [1.29, 1.82) is 0 Å². The number of piperidine rings is 1. The number of hydrogen-bond donors (Lipinski definition) is 1. The van der Waals surface area contributed by atoms with Gasteiger partial charge in [0.25, 0.3) is 0 Å². The zero-order valence-corrected chi connectivity index (χ0v) is 10.7. The summed E-state index contributed by atoms with van der Waals surface area (Å²) in [4.78, 5) is 6.89. The molecular weight excluding hydrogens is 226 g/mol. The van der Waals surface area contributed by atoms with Crippen molar-refractivity contribution in [3.63, 3.8) is 0 Å². The topological polar surface area (TPSA) is 55.3 Å². The predicted molar refractivity (Wildman–Crippen MR) is 71.0 cm³/mol. The minimum absolute atomic E-state index is 0.338. The third-order valence-electron chi connectivity index (χ3n) is 3.75. The molecule has 0 amide bonds.